The fourth-order valence-corrected chi connectivity index (χ4v) is 5.85. The minimum absolute atomic E-state index is 0.0915. The Morgan fingerprint density at radius 2 is 2.09 bits per heavy atom. The summed E-state index contributed by atoms with van der Waals surface area (Å²) >= 11 is 2.73. The fraction of sp³-hybridized carbons (Fsp3) is 0.280. The maximum atomic E-state index is 13.7. The second-order valence-electron chi connectivity index (χ2n) is 8.11. The van der Waals surface area contributed by atoms with E-state index in [0.29, 0.717) is 40.1 Å². The Labute approximate surface area is 204 Å². The van der Waals surface area contributed by atoms with Gasteiger partial charge in [0.05, 0.1) is 42.1 Å². The van der Waals surface area contributed by atoms with Crippen LogP contribution in [-0.2, 0) is 11.3 Å². The molecule has 3 aromatic heterocycles. The third-order valence-electron chi connectivity index (χ3n) is 5.73. The molecule has 1 amide bonds. The molecule has 1 aliphatic carbocycles. The third kappa shape index (κ3) is 4.65. The average molecular weight is 491 g/mol. The first-order chi connectivity index (χ1) is 16.7. The van der Waals surface area contributed by atoms with Crippen molar-refractivity contribution in [3.8, 4) is 11.8 Å². The standard InChI is InChI=1S/C25H22N4O3S2/c26-11-5-12-28(14-19-8-4-13-32-19)21(30)16-34-25-27-23-22(20(15-33-23)17-9-10-17)24(31)29(25)18-6-2-1-3-7-18/h1-4,6-8,13,15,17H,5,9-10,12,14,16H2. The lowest BCUT2D eigenvalue weighted by molar-refractivity contribution is -0.129. The number of hydrogen-bond acceptors (Lipinski definition) is 7. The van der Waals surface area contributed by atoms with E-state index in [0.717, 1.165) is 24.1 Å². The van der Waals surface area contributed by atoms with Crippen LogP contribution >= 0.6 is 23.1 Å². The van der Waals surface area contributed by atoms with E-state index in [-0.39, 0.29) is 23.6 Å². The smallest absolute Gasteiger partial charge is 0.267 e. The number of rotatable bonds is 9. The molecule has 5 rings (SSSR count). The summed E-state index contributed by atoms with van der Waals surface area (Å²) in [6.07, 6.45) is 4.01. The molecule has 3 heterocycles. The molecule has 7 nitrogen and oxygen atoms in total. The first-order valence-electron chi connectivity index (χ1n) is 11.0. The number of hydrogen-bond donors (Lipinski definition) is 0. The van der Waals surface area contributed by atoms with Gasteiger partial charge < -0.3 is 9.32 Å². The Kier molecular flexibility index (Phi) is 6.52. The summed E-state index contributed by atoms with van der Waals surface area (Å²) < 4.78 is 7.00. The second kappa shape index (κ2) is 9.87. The Bertz CT molecular complexity index is 1400. The molecule has 9 heteroatoms. The van der Waals surface area contributed by atoms with Gasteiger partial charge in [0.2, 0.25) is 5.91 Å². The Balaban J connectivity index is 1.46. The number of nitriles is 1. The van der Waals surface area contributed by atoms with E-state index in [1.807, 2.05) is 30.3 Å². The lowest BCUT2D eigenvalue weighted by atomic mass is 10.1. The summed E-state index contributed by atoms with van der Waals surface area (Å²) in [6, 6.07) is 15.1. The van der Waals surface area contributed by atoms with Gasteiger partial charge in [-0.3, -0.25) is 14.2 Å². The molecule has 4 aromatic rings. The highest BCUT2D eigenvalue weighted by Gasteiger charge is 2.29. The van der Waals surface area contributed by atoms with Gasteiger partial charge in [0.15, 0.2) is 5.16 Å². The van der Waals surface area contributed by atoms with E-state index in [1.54, 1.807) is 27.9 Å². The van der Waals surface area contributed by atoms with Crippen molar-refractivity contribution < 1.29 is 9.21 Å². The number of carbonyl (C=O) groups is 1. The number of para-hydroxylation sites is 1. The number of fused-ring (bicyclic) bond motifs is 1. The molecule has 0 radical (unpaired) electrons. The molecule has 34 heavy (non-hydrogen) atoms. The van der Waals surface area contributed by atoms with Crippen LogP contribution in [-0.4, -0.2) is 32.7 Å². The molecule has 0 unspecified atom stereocenters. The van der Waals surface area contributed by atoms with Gasteiger partial charge in [-0.2, -0.15) is 5.26 Å². The van der Waals surface area contributed by atoms with Gasteiger partial charge in [-0.1, -0.05) is 30.0 Å². The SMILES string of the molecule is N#CCCN(Cc1ccco1)C(=O)CSc1nc2scc(C3CC3)c2c(=O)n1-c1ccccc1. The maximum absolute atomic E-state index is 13.7. The lowest BCUT2D eigenvalue weighted by Gasteiger charge is -2.20. The molecular formula is C25H22N4O3S2. The molecule has 1 saturated carbocycles. The molecule has 0 N–H and O–H groups in total. The molecule has 1 fully saturated rings. The van der Waals surface area contributed by atoms with Gasteiger partial charge in [0.1, 0.15) is 10.6 Å². The van der Waals surface area contributed by atoms with E-state index in [4.69, 9.17) is 14.7 Å². The molecule has 0 saturated heterocycles. The van der Waals surface area contributed by atoms with Gasteiger partial charge >= 0.3 is 0 Å². The second-order valence-corrected chi connectivity index (χ2v) is 9.91. The van der Waals surface area contributed by atoms with Crippen LogP contribution in [0.15, 0.2) is 68.5 Å². The zero-order chi connectivity index (χ0) is 23.5. The average Bonchev–Trinajstić information content (AvgIpc) is 3.39. The predicted molar refractivity (Wildman–Crippen MR) is 132 cm³/mol. The summed E-state index contributed by atoms with van der Waals surface area (Å²) in [6.45, 7) is 0.603. The molecular weight excluding hydrogens is 468 g/mol. The number of carbonyl (C=O) groups excluding carboxylic acids is 1. The highest BCUT2D eigenvalue weighted by atomic mass is 32.2. The van der Waals surface area contributed by atoms with Gasteiger partial charge in [0.25, 0.3) is 5.56 Å². The zero-order valence-electron chi connectivity index (χ0n) is 18.3. The Morgan fingerprint density at radius 1 is 1.26 bits per heavy atom. The summed E-state index contributed by atoms with van der Waals surface area (Å²) in [5.74, 6) is 1.05. The van der Waals surface area contributed by atoms with Crippen LogP contribution in [0.25, 0.3) is 15.9 Å². The van der Waals surface area contributed by atoms with Crippen LogP contribution < -0.4 is 5.56 Å². The van der Waals surface area contributed by atoms with Crippen LogP contribution in [0.3, 0.4) is 0 Å². The molecule has 1 aliphatic rings. The number of nitrogens with zero attached hydrogens (tertiary/aromatic N) is 4. The van der Waals surface area contributed by atoms with Crippen LogP contribution in [0, 0.1) is 11.3 Å². The van der Waals surface area contributed by atoms with Crippen molar-refractivity contribution in [3.05, 3.63) is 75.8 Å². The van der Waals surface area contributed by atoms with Crippen molar-refractivity contribution >= 4 is 39.2 Å². The molecule has 0 spiro atoms. The van der Waals surface area contributed by atoms with Crippen LogP contribution in [0.4, 0.5) is 0 Å². The van der Waals surface area contributed by atoms with E-state index in [1.165, 1.54) is 23.1 Å². The van der Waals surface area contributed by atoms with E-state index in [2.05, 4.69) is 11.4 Å². The molecule has 0 atom stereocenters. The summed E-state index contributed by atoms with van der Waals surface area (Å²) in [5.41, 5.74) is 1.73. The molecule has 172 valence electrons. The Hall–Kier alpha value is -3.35. The number of thiophene rings is 1. The Morgan fingerprint density at radius 3 is 2.79 bits per heavy atom. The van der Waals surface area contributed by atoms with Crippen molar-refractivity contribution in [1.82, 2.24) is 14.5 Å². The van der Waals surface area contributed by atoms with Gasteiger partial charge in [-0.25, -0.2) is 4.98 Å². The highest BCUT2D eigenvalue weighted by molar-refractivity contribution is 7.99. The summed E-state index contributed by atoms with van der Waals surface area (Å²) in [4.78, 5) is 33.9. The monoisotopic (exact) mass is 490 g/mol. The fourth-order valence-electron chi connectivity index (χ4n) is 3.87. The normalized spacial score (nSPS) is 13.1. The number of aromatic nitrogens is 2. The largest absolute Gasteiger partial charge is 0.467 e. The zero-order valence-corrected chi connectivity index (χ0v) is 20.0. The number of thioether (sulfide) groups is 1. The highest BCUT2D eigenvalue weighted by Crippen LogP contribution is 2.44. The summed E-state index contributed by atoms with van der Waals surface area (Å²) in [7, 11) is 0. The first kappa shape index (κ1) is 22.4. The van der Waals surface area contributed by atoms with Gasteiger partial charge in [-0.05, 0) is 54.0 Å². The van der Waals surface area contributed by atoms with Crippen LogP contribution in [0.5, 0.6) is 0 Å². The number of furan rings is 1. The van der Waals surface area contributed by atoms with Gasteiger partial charge in [0, 0.05) is 6.54 Å². The predicted octanol–water partition coefficient (Wildman–Crippen LogP) is 4.95. The maximum Gasteiger partial charge on any atom is 0.267 e. The minimum Gasteiger partial charge on any atom is -0.467 e. The van der Waals surface area contributed by atoms with Crippen molar-refractivity contribution in [2.75, 3.05) is 12.3 Å². The number of amides is 1. The summed E-state index contributed by atoms with van der Waals surface area (Å²) in [5, 5.41) is 12.2. The van der Waals surface area contributed by atoms with E-state index >= 15 is 0 Å². The molecule has 0 bridgehead atoms. The van der Waals surface area contributed by atoms with E-state index < -0.39 is 0 Å². The van der Waals surface area contributed by atoms with Crippen molar-refractivity contribution in [3.63, 3.8) is 0 Å². The lowest BCUT2D eigenvalue weighted by Crippen LogP contribution is -2.33. The van der Waals surface area contributed by atoms with Crippen molar-refractivity contribution in [1.29, 1.82) is 5.26 Å². The van der Waals surface area contributed by atoms with Gasteiger partial charge in [-0.15, -0.1) is 11.3 Å². The topological polar surface area (TPSA) is 92.1 Å². The molecule has 1 aromatic carbocycles. The van der Waals surface area contributed by atoms with Crippen molar-refractivity contribution in [2.45, 2.75) is 36.9 Å². The minimum atomic E-state index is -0.143. The molecule has 0 aliphatic heterocycles. The van der Waals surface area contributed by atoms with Crippen molar-refractivity contribution in [2.24, 2.45) is 0 Å². The third-order valence-corrected chi connectivity index (χ3v) is 7.55. The van der Waals surface area contributed by atoms with Crippen LogP contribution in [0.1, 0.15) is 36.5 Å². The number of benzene rings is 1. The first-order valence-corrected chi connectivity index (χ1v) is 12.9. The quantitative estimate of drug-likeness (QED) is 0.243. The van der Waals surface area contributed by atoms with E-state index in [9.17, 15) is 9.59 Å². The van der Waals surface area contributed by atoms with Crippen LogP contribution in [0.2, 0.25) is 0 Å².